The van der Waals surface area contributed by atoms with Crippen molar-refractivity contribution in [3.05, 3.63) is 33.8 Å². The van der Waals surface area contributed by atoms with Crippen molar-refractivity contribution in [2.75, 3.05) is 0 Å². The van der Waals surface area contributed by atoms with Gasteiger partial charge >= 0.3 is 0 Å². The summed E-state index contributed by atoms with van der Waals surface area (Å²) in [4.78, 5) is 12.7. The zero-order chi connectivity index (χ0) is 15.4. The Hall–Kier alpha value is -0.840. The van der Waals surface area contributed by atoms with Crippen molar-refractivity contribution in [2.24, 2.45) is 11.7 Å². The number of carbonyl (C=O) groups excluding carboxylic acids is 1. The lowest BCUT2D eigenvalue weighted by Crippen LogP contribution is -2.48. The fraction of sp³-hybridized carbons (Fsp3) is 0.467. The molecule has 114 valence electrons. The lowest BCUT2D eigenvalue weighted by molar-refractivity contribution is 0.0932. The van der Waals surface area contributed by atoms with E-state index in [1.807, 2.05) is 0 Å². The van der Waals surface area contributed by atoms with Gasteiger partial charge in [-0.1, -0.05) is 54.7 Å². The molecule has 1 unspecified atom stereocenters. The maximum Gasteiger partial charge on any atom is 0.253 e. The topological polar surface area (TPSA) is 55.1 Å². The number of nitrogens with one attached hydrogen (secondary N) is 1. The summed E-state index contributed by atoms with van der Waals surface area (Å²) < 4.78 is 0. The molecule has 1 fully saturated rings. The van der Waals surface area contributed by atoms with Gasteiger partial charge < -0.3 is 11.1 Å². The first-order valence-electron chi connectivity index (χ1n) is 7.04. The number of amides is 1. The van der Waals surface area contributed by atoms with Gasteiger partial charge in [-0.2, -0.15) is 0 Å². The highest BCUT2D eigenvalue weighted by atomic mass is 35.5. The minimum atomic E-state index is -0.289. The number of halogens is 2. The Balaban J connectivity index is 2.14. The molecule has 1 saturated carbocycles. The van der Waals surface area contributed by atoms with Crippen LogP contribution in [-0.2, 0) is 0 Å². The molecule has 0 spiro atoms. The third-order valence-corrected chi connectivity index (χ3v) is 4.71. The number of rotatable bonds is 4. The second-order valence-corrected chi connectivity index (χ2v) is 6.69. The summed E-state index contributed by atoms with van der Waals surface area (Å²) in [6.45, 7) is 0. The molecule has 3 nitrogen and oxygen atoms in total. The van der Waals surface area contributed by atoms with Crippen molar-refractivity contribution in [1.82, 2.24) is 5.32 Å². The molecule has 0 saturated heterocycles. The molecule has 0 aliphatic heterocycles. The van der Waals surface area contributed by atoms with E-state index in [1.54, 1.807) is 18.2 Å². The molecule has 1 aliphatic rings. The van der Waals surface area contributed by atoms with E-state index < -0.39 is 0 Å². The van der Waals surface area contributed by atoms with E-state index in [-0.39, 0.29) is 11.9 Å². The van der Waals surface area contributed by atoms with Gasteiger partial charge in [0, 0.05) is 5.02 Å². The van der Waals surface area contributed by atoms with Crippen molar-refractivity contribution < 1.29 is 4.79 Å². The van der Waals surface area contributed by atoms with Gasteiger partial charge in [0.2, 0.25) is 0 Å². The molecule has 1 atom stereocenters. The minimum absolute atomic E-state index is 0.286. The first-order chi connectivity index (χ1) is 9.99. The molecular weight excluding hydrogens is 327 g/mol. The number of nitrogens with two attached hydrogens (primary N) is 1. The van der Waals surface area contributed by atoms with Gasteiger partial charge in [0.1, 0.15) is 0 Å². The predicted molar refractivity (Wildman–Crippen MR) is 91.1 cm³/mol. The third kappa shape index (κ3) is 4.31. The molecular formula is C15H18Cl2N2OS. The minimum Gasteiger partial charge on any atom is -0.392 e. The molecule has 0 aromatic heterocycles. The normalized spacial score (nSPS) is 17.2. The van der Waals surface area contributed by atoms with Gasteiger partial charge in [-0.25, -0.2) is 0 Å². The second-order valence-electron chi connectivity index (χ2n) is 5.38. The SMILES string of the molecule is NC(=S)C(NC(=O)c1cc(Cl)ccc1Cl)C1CCCCC1. The van der Waals surface area contributed by atoms with Gasteiger partial charge in [0.15, 0.2) is 0 Å². The van der Waals surface area contributed by atoms with Crippen LogP contribution in [0.5, 0.6) is 0 Å². The highest BCUT2D eigenvalue weighted by Crippen LogP contribution is 2.27. The van der Waals surface area contributed by atoms with E-state index in [9.17, 15) is 4.79 Å². The van der Waals surface area contributed by atoms with E-state index in [1.165, 1.54) is 6.42 Å². The number of thiocarbonyl (C=S) groups is 1. The third-order valence-electron chi connectivity index (χ3n) is 3.89. The van der Waals surface area contributed by atoms with Gasteiger partial charge in [0.05, 0.1) is 21.6 Å². The summed E-state index contributed by atoms with van der Waals surface area (Å²) in [5.74, 6) is 0.0176. The molecule has 21 heavy (non-hydrogen) atoms. The fourth-order valence-corrected chi connectivity index (χ4v) is 3.41. The molecule has 1 aromatic carbocycles. The molecule has 3 N–H and O–H groups in total. The highest BCUT2D eigenvalue weighted by Gasteiger charge is 2.28. The molecule has 0 radical (unpaired) electrons. The average molecular weight is 345 g/mol. The zero-order valence-electron chi connectivity index (χ0n) is 11.6. The van der Waals surface area contributed by atoms with Crippen LogP contribution < -0.4 is 11.1 Å². The lowest BCUT2D eigenvalue weighted by Gasteiger charge is -2.30. The number of benzene rings is 1. The Morgan fingerprint density at radius 3 is 2.57 bits per heavy atom. The van der Waals surface area contributed by atoms with Gasteiger partial charge in [-0.15, -0.1) is 0 Å². The van der Waals surface area contributed by atoms with Crippen LogP contribution in [0.25, 0.3) is 0 Å². The molecule has 1 aliphatic carbocycles. The highest BCUT2D eigenvalue weighted by molar-refractivity contribution is 7.80. The number of hydrogen-bond acceptors (Lipinski definition) is 2. The van der Waals surface area contributed by atoms with E-state index in [4.69, 9.17) is 41.2 Å². The Morgan fingerprint density at radius 1 is 1.29 bits per heavy atom. The molecule has 0 heterocycles. The van der Waals surface area contributed by atoms with Crippen LogP contribution in [0.1, 0.15) is 42.5 Å². The quantitative estimate of drug-likeness (QED) is 0.812. The molecule has 1 amide bonds. The summed E-state index contributed by atoms with van der Waals surface area (Å²) >= 11 is 17.1. The van der Waals surface area contributed by atoms with Crippen molar-refractivity contribution in [3.63, 3.8) is 0 Å². The van der Waals surface area contributed by atoms with Crippen molar-refractivity contribution in [2.45, 2.75) is 38.1 Å². The molecule has 0 bridgehead atoms. The lowest BCUT2D eigenvalue weighted by atomic mass is 9.83. The van der Waals surface area contributed by atoms with Crippen molar-refractivity contribution >= 4 is 46.3 Å². The monoisotopic (exact) mass is 344 g/mol. The summed E-state index contributed by atoms with van der Waals surface area (Å²) in [6.07, 6.45) is 5.60. The van der Waals surface area contributed by atoms with Crippen molar-refractivity contribution in [1.29, 1.82) is 0 Å². The molecule has 2 rings (SSSR count). The number of hydrogen-bond donors (Lipinski definition) is 2. The van der Waals surface area contributed by atoms with E-state index in [0.717, 1.165) is 25.7 Å². The summed E-state index contributed by atoms with van der Waals surface area (Å²) in [5.41, 5.74) is 6.17. The van der Waals surface area contributed by atoms with Crippen LogP contribution in [0.4, 0.5) is 0 Å². The standard InChI is InChI=1S/C15H18Cl2N2OS/c16-10-6-7-12(17)11(8-10)15(20)19-13(14(18)21)9-4-2-1-3-5-9/h6-9,13H,1-5H2,(H2,18,21)(H,19,20). The number of carbonyl (C=O) groups is 1. The predicted octanol–water partition coefficient (Wildman–Crippen LogP) is 3.96. The first kappa shape index (κ1) is 16.5. The maximum absolute atomic E-state index is 12.4. The van der Waals surface area contributed by atoms with Crippen LogP contribution in [-0.4, -0.2) is 16.9 Å². The fourth-order valence-electron chi connectivity index (χ4n) is 2.78. The van der Waals surface area contributed by atoms with E-state index >= 15 is 0 Å². The van der Waals surface area contributed by atoms with Crippen LogP contribution in [0.15, 0.2) is 18.2 Å². The average Bonchev–Trinajstić information content (AvgIpc) is 2.47. The van der Waals surface area contributed by atoms with Gasteiger partial charge in [0.25, 0.3) is 5.91 Å². The van der Waals surface area contributed by atoms with E-state index in [0.29, 0.717) is 26.5 Å². The van der Waals surface area contributed by atoms with Crippen LogP contribution in [0, 0.1) is 5.92 Å². The van der Waals surface area contributed by atoms with Crippen molar-refractivity contribution in [3.8, 4) is 0 Å². The summed E-state index contributed by atoms with van der Waals surface area (Å²) in [7, 11) is 0. The zero-order valence-corrected chi connectivity index (χ0v) is 13.9. The Morgan fingerprint density at radius 2 is 1.95 bits per heavy atom. The van der Waals surface area contributed by atoms with Gasteiger partial charge in [-0.05, 0) is 37.0 Å². The van der Waals surface area contributed by atoms with Crippen LogP contribution >= 0.6 is 35.4 Å². The van der Waals surface area contributed by atoms with Crippen LogP contribution in [0.2, 0.25) is 10.0 Å². The first-order valence-corrected chi connectivity index (χ1v) is 8.20. The Bertz CT molecular complexity index is 544. The largest absolute Gasteiger partial charge is 0.392 e. The molecule has 1 aromatic rings. The second kappa shape index (κ2) is 7.43. The molecule has 6 heteroatoms. The summed E-state index contributed by atoms with van der Waals surface area (Å²) in [5, 5.41) is 3.75. The van der Waals surface area contributed by atoms with Crippen LogP contribution in [0.3, 0.4) is 0 Å². The summed E-state index contributed by atoms with van der Waals surface area (Å²) in [6, 6.07) is 4.52. The van der Waals surface area contributed by atoms with Gasteiger partial charge in [-0.3, -0.25) is 4.79 Å². The maximum atomic E-state index is 12.4. The Kier molecular flexibility index (Phi) is 5.85. The smallest absolute Gasteiger partial charge is 0.253 e. The Labute approximate surface area is 140 Å². The van der Waals surface area contributed by atoms with E-state index in [2.05, 4.69) is 5.32 Å².